The van der Waals surface area contributed by atoms with E-state index >= 15 is 0 Å². The maximum atomic E-state index is 12.0. The van der Waals surface area contributed by atoms with Crippen LogP contribution in [0.5, 0.6) is 5.75 Å². The smallest absolute Gasteiger partial charge is 0.264 e. The predicted octanol–water partition coefficient (Wildman–Crippen LogP) is 2.60. The fourth-order valence-corrected chi connectivity index (χ4v) is 1.72. The van der Waals surface area contributed by atoms with Gasteiger partial charge in [0, 0.05) is 12.7 Å². The zero-order valence-electron chi connectivity index (χ0n) is 11.1. The maximum Gasteiger partial charge on any atom is 0.264 e. The first-order valence-corrected chi connectivity index (χ1v) is 6.16. The third-order valence-corrected chi connectivity index (χ3v) is 2.88. The van der Waals surface area contributed by atoms with Crippen molar-refractivity contribution in [2.24, 2.45) is 0 Å². The molecule has 0 saturated carbocycles. The number of hydrogen-bond donors (Lipinski definition) is 0. The summed E-state index contributed by atoms with van der Waals surface area (Å²) in [4.78, 5) is 13.6. The monoisotopic (exact) mass is 266 g/mol. The number of anilines is 1. The molecule has 0 aliphatic rings. The highest BCUT2D eigenvalue weighted by Gasteiger charge is 2.12. The summed E-state index contributed by atoms with van der Waals surface area (Å²) in [6, 6.07) is 18.2. The van der Waals surface area contributed by atoms with Crippen LogP contribution < -0.4 is 9.64 Å². The lowest BCUT2D eigenvalue weighted by Gasteiger charge is -2.17. The minimum Gasteiger partial charge on any atom is -0.482 e. The van der Waals surface area contributed by atoms with Crippen molar-refractivity contribution in [2.45, 2.75) is 0 Å². The Bertz CT molecular complexity index is 632. The Morgan fingerprint density at radius 1 is 1.15 bits per heavy atom. The minimum atomic E-state index is -0.177. The molecule has 0 heterocycles. The summed E-state index contributed by atoms with van der Waals surface area (Å²) in [5.41, 5.74) is 1.22. The molecule has 2 aromatic rings. The lowest BCUT2D eigenvalue weighted by molar-refractivity contribution is -0.120. The number of likely N-dealkylation sites (N-methyl/N-ethyl adjacent to an activating group) is 1. The van der Waals surface area contributed by atoms with E-state index in [2.05, 4.69) is 0 Å². The van der Waals surface area contributed by atoms with Crippen LogP contribution in [0.1, 0.15) is 5.56 Å². The second kappa shape index (κ2) is 6.39. The lowest BCUT2D eigenvalue weighted by Crippen LogP contribution is -2.31. The molecule has 0 radical (unpaired) electrons. The molecule has 0 saturated heterocycles. The zero-order chi connectivity index (χ0) is 14.4. The lowest BCUT2D eigenvalue weighted by atomic mass is 10.2. The van der Waals surface area contributed by atoms with Crippen LogP contribution in [0.25, 0.3) is 0 Å². The minimum absolute atomic E-state index is 0.107. The second-order valence-electron chi connectivity index (χ2n) is 4.18. The molecule has 0 atom stereocenters. The third-order valence-electron chi connectivity index (χ3n) is 2.88. The van der Waals surface area contributed by atoms with Gasteiger partial charge in [0.25, 0.3) is 5.91 Å². The Morgan fingerprint density at radius 2 is 1.80 bits per heavy atom. The molecule has 0 aliphatic heterocycles. The number of ether oxygens (including phenoxy) is 1. The van der Waals surface area contributed by atoms with E-state index < -0.39 is 0 Å². The number of rotatable bonds is 4. The van der Waals surface area contributed by atoms with Crippen LogP contribution in [-0.4, -0.2) is 19.6 Å². The van der Waals surface area contributed by atoms with Crippen LogP contribution in [0.4, 0.5) is 5.69 Å². The Morgan fingerprint density at radius 3 is 2.50 bits per heavy atom. The fraction of sp³-hybridized carbons (Fsp3) is 0.125. The quantitative estimate of drug-likeness (QED) is 0.854. The van der Waals surface area contributed by atoms with Crippen LogP contribution >= 0.6 is 0 Å². The molecular weight excluding hydrogens is 252 g/mol. The first-order valence-electron chi connectivity index (χ1n) is 6.16. The summed E-state index contributed by atoms with van der Waals surface area (Å²) in [6.07, 6.45) is 0. The highest BCUT2D eigenvalue weighted by Crippen LogP contribution is 2.17. The van der Waals surface area contributed by atoms with Gasteiger partial charge >= 0.3 is 0 Å². The molecule has 0 fully saturated rings. The van der Waals surface area contributed by atoms with E-state index in [-0.39, 0.29) is 12.5 Å². The van der Waals surface area contributed by atoms with Gasteiger partial charge in [-0.3, -0.25) is 4.79 Å². The van der Waals surface area contributed by atoms with Gasteiger partial charge in [-0.05, 0) is 24.3 Å². The zero-order valence-corrected chi connectivity index (χ0v) is 11.1. The second-order valence-corrected chi connectivity index (χ2v) is 4.18. The topological polar surface area (TPSA) is 53.3 Å². The van der Waals surface area contributed by atoms with E-state index in [9.17, 15) is 4.79 Å². The van der Waals surface area contributed by atoms with Crippen LogP contribution in [0.2, 0.25) is 0 Å². The summed E-state index contributed by atoms with van der Waals surface area (Å²) < 4.78 is 5.42. The Kier molecular flexibility index (Phi) is 4.35. The van der Waals surface area contributed by atoms with E-state index in [0.29, 0.717) is 11.3 Å². The standard InChI is InChI=1S/C16H14N2O2/c1-18(14-8-3-2-4-9-14)16(19)12-20-15-10-6-5-7-13(15)11-17/h2-10H,12H2,1H3. The largest absolute Gasteiger partial charge is 0.482 e. The summed E-state index contributed by atoms with van der Waals surface area (Å²) >= 11 is 0. The van der Waals surface area contributed by atoms with Gasteiger partial charge in [0.1, 0.15) is 11.8 Å². The SMILES string of the molecule is CN(C(=O)COc1ccccc1C#N)c1ccccc1. The van der Waals surface area contributed by atoms with Gasteiger partial charge in [-0.15, -0.1) is 0 Å². The van der Waals surface area contributed by atoms with E-state index in [0.717, 1.165) is 5.69 Å². The van der Waals surface area contributed by atoms with Gasteiger partial charge < -0.3 is 9.64 Å². The molecule has 0 unspecified atom stereocenters. The third kappa shape index (κ3) is 3.15. The van der Waals surface area contributed by atoms with Crippen LogP contribution in [0.3, 0.4) is 0 Å². The number of benzene rings is 2. The molecule has 4 heteroatoms. The van der Waals surface area contributed by atoms with Gasteiger partial charge in [-0.25, -0.2) is 0 Å². The molecular formula is C16H14N2O2. The number of nitrogens with zero attached hydrogens (tertiary/aromatic N) is 2. The molecule has 2 rings (SSSR count). The number of nitriles is 1. The van der Waals surface area contributed by atoms with Gasteiger partial charge in [0.15, 0.2) is 6.61 Å². The van der Waals surface area contributed by atoms with E-state index in [1.807, 2.05) is 36.4 Å². The normalized spacial score (nSPS) is 9.60. The average molecular weight is 266 g/mol. The van der Waals surface area contributed by atoms with Gasteiger partial charge in [-0.2, -0.15) is 5.26 Å². The van der Waals surface area contributed by atoms with Crippen LogP contribution in [0.15, 0.2) is 54.6 Å². The van der Waals surface area contributed by atoms with Gasteiger partial charge in [0.2, 0.25) is 0 Å². The highest BCUT2D eigenvalue weighted by molar-refractivity contribution is 5.93. The molecule has 4 nitrogen and oxygen atoms in total. The number of carbonyl (C=O) groups excluding carboxylic acids is 1. The van der Waals surface area contributed by atoms with E-state index in [1.165, 1.54) is 4.90 Å². The predicted molar refractivity (Wildman–Crippen MR) is 76.5 cm³/mol. The Labute approximate surface area is 117 Å². The Hall–Kier alpha value is -2.80. The van der Waals surface area contributed by atoms with Crippen molar-refractivity contribution < 1.29 is 9.53 Å². The summed E-state index contributed by atoms with van der Waals surface area (Å²) in [5.74, 6) is 0.244. The molecule has 0 bridgehead atoms. The number of para-hydroxylation sites is 2. The van der Waals surface area contributed by atoms with E-state index in [1.54, 1.807) is 31.3 Å². The van der Waals surface area contributed by atoms with Crippen molar-refractivity contribution >= 4 is 11.6 Å². The molecule has 0 N–H and O–H groups in total. The molecule has 0 aromatic heterocycles. The highest BCUT2D eigenvalue weighted by atomic mass is 16.5. The number of carbonyl (C=O) groups is 1. The molecule has 2 aromatic carbocycles. The molecule has 100 valence electrons. The van der Waals surface area contributed by atoms with Crippen molar-refractivity contribution in [3.63, 3.8) is 0 Å². The Balaban J connectivity index is 2.01. The van der Waals surface area contributed by atoms with Crippen molar-refractivity contribution in [3.05, 3.63) is 60.2 Å². The van der Waals surface area contributed by atoms with Gasteiger partial charge in [0.05, 0.1) is 5.56 Å². The van der Waals surface area contributed by atoms with Crippen LogP contribution in [-0.2, 0) is 4.79 Å². The van der Waals surface area contributed by atoms with Crippen molar-refractivity contribution in [1.29, 1.82) is 5.26 Å². The fourth-order valence-electron chi connectivity index (χ4n) is 1.72. The molecule has 0 spiro atoms. The van der Waals surface area contributed by atoms with Crippen molar-refractivity contribution in [1.82, 2.24) is 0 Å². The molecule has 20 heavy (non-hydrogen) atoms. The average Bonchev–Trinajstić information content (AvgIpc) is 2.53. The first-order chi connectivity index (χ1) is 9.72. The summed E-state index contributed by atoms with van der Waals surface area (Å²) in [7, 11) is 1.69. The van der Waals surface area contributed by atoms with Crippen molar-refractivity contribution in [3.8, 4) is 11.8 Å². The van der Waals surface area contributed by atoms with Gasteiger partial charge in [-0.1, -0.05) is 30.3 Å². The molecule has 0 aliphatic carbocycles. The number of hydrogen-bond acceptors (Lipinski definition) is 3. The summed E-state index contributed by atoms with van der Waals surface area (Å²) in [6.45, 7) is -0.107. The van der Waals surface area contributed by atoms with Crippen molar-refractivity contribution in [2.75, 3.05) is 18.6 Å². The first kappa shape index (κ1) is 13.6. The summed E-state index contributed by atoms with van der Waals surface area (Å²) in [5, 5.41) is 8.95. The molecule has 1 amide bonds. The maximum absolute atomic E-state index is 12.0. The van der Waals surface area contributed by atoms with E-state index in [4.69, 9.17) is 10.00 Å². The van der Waals surface area contributed by atoms with Crippen LogP contribution in [0, 0.1) is 11.3 Å². The number of amides is 1.